The Morgan fingerprint density at radius 1 is 1.52 bits per heavy atom. The third-order valence-electron chi connectivity index (χ3n) is 5.45. The van der Waals surface area contributed by atoms with Crippen LogP contribution in [-0.2, 0) is 4.79 Å². The van der Waals surface area contributed by atoms with Gasteiger partial charge in [-0.3, -0.25) is 4.79 Å². The minimum atomic E-state index is -0.643. The van der Waals surface area contributed by atoms with Crippen molar-refractivity contribution in [2.75, 3.05) is 0 Å². The van der Waals surface area contributed by atoms with Crippen LogP contribution in [0.25, 0.3) is 0 Å². The Labute approximate surface area is 131 Å². The van der Waals surface area contributed by atoms with E-state index in [1.54, 1.807) is 11.3 Å². The molecule has 0 spiro atoms. The molecule has 1 saturated carbocycles. The summed E-state index contributed by atoms with van der Waals surface area (Å²) in [5, 5.41) is 15.3. The van der Waals surface area contributed by atoms with Crippen molar-refractivity contribution in [2.45, 2.75) is 59.0 Å². The third kappa shape index (κ3) is 3.32. The van der Waals surface area contributed by atoms with Crippen LogP contribution in [0.1, 0.15) is 57.9 Å². The molecule has 4 unspecified atom stereocenters. The van der Waals surface area contributed by atoms with Crippen molar-refractivity contribution >= 4 is 17.3 Å². The van der Waals surface area contributed by atoms with Gasteiger partial charge in [0.05, 0.1) is 5.92 Å². The highest BCUT2D eigenvalue weighted by Crippen LogP contribution is 2.45. The van der Waals surface area contributed by atoms with Crippen LogP contribution in [0.15, 0.2) is 17.5 Å². The van der Waals surface area contributed by atoms with Gasteiger partial charge in [-0.1, -0.05) is 33.8 Å². The Hall–Kier alpha value is -0.870. The Bertz CT molecular complexity index is 469. The molecule has 1 aliphatic carbocycles. The van der Waals surface area contributed by atoms with Crippen LogP contribution in [0.4, 0.5) is 0 Å². The van der Waals surface area contributed by atoms with E-state index in [1.165, 1.54) is 4.88 Å². The number of thiophene rings is 1. The molecular formula is C17H27NO2S. The predicted octanol–water partition coefficient (Wildman–Crippen LogP) is 4.31. The number of carboxylic acid groups (broad SMARTS) is 1. The van der Waals surface area contributed by atoms with Crippen LogP contribution in [0.5, 0.6) is 0 Å². The van der Waals surface area contributed by atoms with E-state index in [-0.39, 0.29) is 11.3 Å². The molecule has 1 aliphatic rings. The van der Waals surface area contributed by atoms with Gasteiger partial charge < -0.3 is 10.4 Å². The zero-order valence-corrected chi connectivity index (χ0v) is 14.2. The van der Waals surface area contributed by atoms with Gasteiger partial charge in [-0.15, -0.1) is 11.3 Å². The molecule has 4 atom stereocenters. The lowest BCUT2D eigenvalue weighted by Gasteiger charge is -2.47. The van der Waals surface area contributed by atoms with Gasteiger partial charge in [0, 0.05) is 17.0 Å². The summed E-state index contributed by atoms with van der Waals surface area (Å²) in [6.45, 7) is 8.62. The van der Waals surface area contributed by atoms with Crippen LogP contribution in [-0.4, -0.2) is 17.1 Å². The first-order valence-electron chi connectivity index (χ1n) is 7.90. The Morgan fingerprint density at radius 3 is 2.76 bits per heavy atom. The predicted molar refractivity (Wildman–Crippen MR) is 87.6 cm³/mol. The highest BCUT2D eigenvalue weighted by molar-refractivity contribution is 7.10. The van der Waals surface area contributed by atoms with E-state index in [0.29, 0.717) is 18.0 Å². The summed E-state index contributed by atoms with van der Waals surface area (Å²) in [5.41, 5.74) is -0.171. The van der Waals surface area contributed by atoms with Gasteiger partial charge >= 0.3 is 5.97 Å². The normalized spacial score (nSPS) is 30.0. The number of nitrogens with one attached hydrogen (secondary N) is 1. The number of hydrogen-bond donors (Lipinski definition) is 2. The number of aliphatic carboxylic acids is 1. The molecule has 0 saturated heterocycles. The van der Waals surface area contributed by atoms with Crippen molar-refractivity contribution in [3.05, 3.63) is 22.4 Å². The maximum Gasteiger partial charge on any atom is 0.307 e. The number of rotatable bonds is 5. The molecule has 0 aliphatic heterocycles. The SMILES string of the molecule is CCC(NC1CCC(C(=O)O)C(C)(C)C1C)c1cccs1. The molecular weight excluding hydrogens is 282 g/mol. The number of carbonyl (C=O) groups is 1. The minimum absolute atomic E-state index is 0.171. The van der Waals surface area contributed by atoms with E-state index in [4.69, 9.17) is 0 Å². The summed E-state index contributed by atoms with van der Waals surface area (Å²) in [6, 6.07) is 5.06. The van der Waals surface area contributed by atoms with E-state index < -0.39 is 5.97 Å². The van der Waals surface area contributed by atoms with Crippen molar-refractivity contribution in [3.8, 4) is 0 Å². The van der Waals surface area contributed by atoms with Crippen LogP contribution in [0.3, 0.4) is 0 Å². The van der Waals surface area contributed by atoms with E-state index in [0.717, 1.165) is 19.3 Å². The molecule has 1 aromatic rings. The lowest BCUT2D eigenvalue weighted by atomic mass is 9.61. The molecule has 4 heteroatoms. The molecule has 0 bridgehead atoms. The second kappa shape index (κ2) is 6.49. The minimum Gasteiger partial charge on any atom is -0.481 e. The van der Waals surface area contributed by atoms with Crippen molar-refractivity contribution in [3.63, 3.8) is 0 Å². The van der Waals surface area contributed by atoms with Crippen LogP contribution < -0.4 is 5.32 Å². The average molecular weight is 309 g/mol. The Kier molecular flexibility index (Phi) is 5.10. The third-order valence-corrected chi connectivity index (χ3v) is 6.44. The first-order chi connectivity index (χ1) is 9.87. The largest absolute Gasteiger partial charge is 0.481 e. The zero-order chi connectivity index (χ0) is 15.6. The van der Waals surface area contributed by atoms with Crippen LogP contribution in [0.2, 0.25) is 0 Å². The maximum atomic E-state index is 11.5. The van der Waals surface area contributed by atoms with E-state index in [9.17, 15) is 9.90 Å². The highest BCUT2D eigenvalue weighted by atomic mass is 32.1. The second-order valence-corrected chi connectivity index (χ2v) is 7.81. The Morgan fingerprint density at radius 2 is 2.24 bits per heavy atom. The van der Waals surface area contributed by atoms with Gasteiger partial charge in [0.25, 0.3) is 0 Å². The van der Waals surface area contributed by atoms with Crippen molar-refractivity contribution < 1.29 is 9.90 Å². The quantitative estimate of drug-likeness (QED) is 0.852. The summed E-state index contributed by atoms with van der Waals surface area (Å²) in [6.07, 6.45) is 2.78. The van der Waals surface area contributed by atoms with Crippen molar-refractivity contribution in [2.24, 2.45) is 17.3 Å². The maximum absolute atomic E-state index is 11.5. The van der Waals surface area contributed by atoms with Gasteiger partial charge in [0.1, 0.15) is 0 Å². The van der Waals surface area contributed by atoms with Gasteiger partial charge in [0.15, 0.2) is 0 Å². The van der Waals surface area contributed by atoms with E-state index in [1.807, 2.05) is 0 Å². The van der Waals surface area contributed by atoms with Crippen LogP contribution in [0, 0.1) is 17.3 Å². The number of carboxylic acids is 1. The molecule has 0 radical (unpaired) electrons. The molecule has 21 heavy (non-hydrogen) atoms. The molecule has 0 aromatic carbocycles. The van der Waals surface area contributed by atoms with Crippen molar-refractivity contribution in [1.29, 1.82) is 0 Å². The van der Waals surface area contributed by atoms with Gasteiger partial charge in [-0.25, -0.2) is 0 Å². The standard InChI is InChI=1S/C17H27NO2S/c1-5-13(15-7-6-10-21-15)18-14-9-8-12(16(19)20)17(3,4)11(14)2/h6-7,10-14,18H,5,8-9H2,1-4H3,(H,19,20). The lowest BCUT2D eigenvalue weighted by Crippen LogP contribution is -2.51. The average Bonchev–Trinajstić information content (AvgIpc) is 2.94. The molecule has 0 amide bonds. The molecule has 1 heterocycles. The molecule has 1 fully saturated rings. The molecule has 2 rings (SSSR count). The van der Waals surface area contributed by atoms with Gasteiger partial charge in [-0.2, -0.15) is 0 Å². The molecule has 3 nitrogen and oxygen atoms in total. The molecule has 118 valence electrons. The fraction of sp³-hybridized carbons (Fsp3) is 0.706. The van der Waals surface area contributed by atoms with Crippen LogP contribution >= 0.6 is 11.3 Å². The topological polar surface area (TPSA) is 49.3 Å². The smallest absolute Gasteiger partial charge is 0.307 e. The summed E-state index contributed by atoms with van der Waals surface area (Å²) in [7, 11) is 0. The van der Waals surface area contributed by atoms with Gasteiger partial charge in [0.2, 0.25) is 0 Å². The fourth-order valence-corrected chi connectivity index (χ4v) is 4.49. The lowest BCUT2D eigenvalue weighted by molar-refractivity contribution is -0.150. The summed E-state index contributed by atoms with van der Waals surface area (Å²) < 4.78 is 0. The first-order valence-corrected chi connectivity index (χ1v) is 8.78. The molecule has 2 N–H and O–H groups in total. The molecule has 1 aromatic heterocycles. The summed E-state index contributed by atoms with van der Waals surface area (Å²) in [4.78, 5) is 12.8. The van der Waals surface area contributed by atoms with Crippen molar-refractivity contribution in [1.82, 2.24) is 5.32 Å². The second-order valence-electron chi connectivity index (χ2n) is 6.83. The van der Waals surface area contributed by atoms with Gasteiger partial charge in [-0.05, 0) is 42.0 Å². The first kappa shape index (κ1) is 16.5. The zero-order valence-electron chi connectivity index (χ0n) is 13.4. The van der Waals surface area contributed by atoms with E-state index >= 15 is 0 Å². The summed E-state index contributed by atoms with van der Waals surface area (Å²) >= 11 is 1.79. The summed E-state index contributed by atoms with van der Waals surface area (Å²) in [5.74, 6) is -0.524. The number of hydrogen-bond acceptors (Lipinski definition) is 3. The monoisotopic (exact) mass is 309 g/mol. The Balaban J connectivity index is 2.10. The fourth-order valence-electron chi connectivity index (χ4n) is 3.62. The highest BCUT2D eigenvalue weighted by Gasteiger charge is 2.46. The van der Waals surface area contributed by atoms with E-state index in [2.05, 4.69) is 50.5 Å².